The molecule has 1 aliphatic rings. The molecular formula is C21H21ClN2OS. The molecule has 1 saturated heterocycles. The van der Waals surface area contributed by atoms with Crippen molar-refractivity contribution < 1.29 is 4.79 Å². The van der Waals surface area contributed by atoms with Crippen LogP contribution in [0.3, 0.4) is 0 Å². The average Bonchev–Trinajstić information content (AvgIpc) is 3.11. The fraction of sp³-hybridized carbons (Fsp3) is 0.286. The Balaban J connectivity index is 1.31. The van der Waals surface area contributed by atoms with Crippen LogP contribution >= 0.6 is 22.9 Å². The zero-order chi connectivity index (χ0) is 17.9. The maximum Gasteiger partial charge on any atom is 0.165 e. The van der Waals surface area contributed by atoms with Gasteiger partial charge in [0.25, 0.3) is 0 Å². The van der Waals surface area contributed by atoms with E-state index >= 15 is 0 Å². The highest BCUT2D eigenvalue weighted by Gasteiger charge is 2.19. The summed E-state index contributed by atoms with van der Waals surface area (Å²) in [4.78, 5) is 17.4. The third-order valence-corrected chi connectivity index (χ3v) is 6.18. The number of rotatable bonds is 5. The summed E-state index contributed by atoms with van der Waals surface area (Å²) in [5.74, 6) is 0.250. The smallest absolute Gasteiger partial charge is 0.165 e. The number of ketones is 1. The standard InChI is InChI=1S/C21H21ClN2OS/c22-16-4-3-5-17(14-16)24-12-10-23(11-13-24)9-8-20(25)19-15-26-21-7-2-1-6-18(19)21/h1-7,14-15H,8-13H2. The number of halogens is 1. The molecule has 0 radical (unpaired) electrons. The summed E-state index contributed by atoms with van der Waals surface area (Å²) in [6, 6.07) is 16.2. The summed E-state index contributed by atoms with van der Waals surface area (Å²) in [5.41, 5.74) is 2.06. The fourth-order valence-corrected chi connectivity index (χ4v) is 4.64. The minimum atomic E-state index is 0.250. The summed E-state index contributed by atoms with van der Waals surface area (Å²) in [7, 11) is 0. The van der Waals surface area contributed by atoms with Crippen molar-refractivity contribution in [2.45, 2.75) is 6.42 Å². The summed E-state index contributed by atoms with van der Waals surface area (Å²) < 4.78 is 1.19. The van der Waals surface area contributed by atoms with Gasteiger partial charge in [0.05, 0.1) is 0 Å². The van der Waals surface area contributed by atoms with Crippen molar-refractivity contribution in [1.82, 2.24) is 4.90 Å². The molecule has 2 heterocycles. The zero-order valence-corrected chi connectivity index (χ0v) is 16.1. The number of piperazine rings is 1. The largest absolute Gasteiger partial charge is 0.369 e. The fourth-order valence-electron chi connectivity index (χ4n) is 3.49. The van der Waals surface area contributed by atoms with E-state index in [-0.39, 0.29) is 5.78 Å². The van der Waals surface area contributed by atoms with Gasteiger partial charge in [-0.25, -0.2) is 0 Å². The van der Waals surface area contributed by atoms with Gasteiger partial charge in [-0.3, -0.25) is 9.69 Å². The highest BCUT2D eigenvalue weighted by atomic mass is 35.5. The van der Waals surface area contributed by atoms with Gasteiger partial charge in [-0.2, -0.15) is 0 Å². The van der Waals surface area contributed by atoms with Crippen LogP contribution in [0.2, 0.25) is 5.02 Å². The number of hydrogen-bond donors (Lipinski definition) is 0. The second-order valence-corrected chi connectivity index (χ2v) is 7.97. The predicted molar refractivity (Wildman–Crippen MR) is 111 cm³/mol. The van der Waals surface area contributed by atoms with Crippen molar-refractivity contribution in [3.05, 3.63) is 64.5 Å². The molecule has 3 aromatic rings. The van der Waals surface area contributed by atoms with Crippen molar-refractivity contribution >= 4 is 44.5 Å². The molecule has 0 N–H and O–H groups in total. The number of anilines is 1. The molecule has 4 rings (SSSR count). The van der Waals surface area contributed by atoms with Gasteiger partial charge < -0.3 is 4.90 Å². The van der Waals surface area contributed by atoms with E-state index in [4.69, 9.17) is 11.6 Å². The molecule has 26 heavy (non-hydrogen) atoms. The van der Waals surface area contributed by atoms with E-state index in [0.29, 0.717) is 6.42 Å². The minimum Gasteiger partial charge on any atom is -0.369 e. The van der Waals surface area contributed by atoms with Gasteiger partial charge in [-0.1, -0.05) is 35.9 Å². The summed E-state index contributed by atoms with van der Waals surface area (Å²) >= 11 is 7.74. The van der Waals surface area contributed by atoms with E-state index < -0.39 is 0 Å². The van der Waals surface area contributed by atoms with E-state index in [9.17, 15) is 4.79 Å². The van der Waals surface area contributed by atoms with Crippen molar-refractivity contribution in [3.8, 4) is 0 Å². The first-order chi connectivity index (χ1) is 12.7. The van der Waals surface area contributed by atoms with Crippen LogP contribution < -0.4 is 4.90 Å². The first kappa shape index (κ1) is 17.5. The maximum absolute atomic E-state index is 12.6. The molecule has 1 fully saturated rings. The average molecular weight is 385 g/mol. The Kier molecular flexibility index (Phi) is 5.25. The predicted octanol–water partition coefficient (Wildman–Crippen LogP) is 4.95. The minimum absolute atomic E-state index is 0.250. The lowest BCUT2D eigenvalue weighted by Gasteiger charge is -2.36. The topological polar surface area (TPSA) is 23.6 Å². The molecule has 0 amide bonds. The summed E-state index contributed by atoms with van der Waals surface area (Å²) in [5, 5.41) is 3.87. The first-order valence-corrected chi connectivity index (χ1v) is 10.2. The number of nitrogens with zero attached hydrogens (tertiary/aromatic N) is 2. The van der Waals surface area contributed by atoms with Gasteiger partial charge in [0.1, 0.15) is 0 Å². The summed E-state index contributed by atoms with van der Waals surface area (Å²) in [6.45, 7) is 4.71. The Morgan fingerprint density at radius 2 is 1.85 bits per heavy atom. The third kappa shape index (κ3) is 3.78. The van der Waals surface area contributed by atoms with E-state index in [0.717, 1.165) is 48.7 Å². The molecule has 0 unspecified atom stereocenters. The number of carbonyl (C=O) groups is 1. The number of thiophene rings is 1. The van der Waals surface area contributed by atoms with Crippen LogP contribution in [-0.4, -0.2) is 43.4 Å². The zero-order valence-electron chi connectivity index (χ0n) is 14.5. The van der Waals surface area contributed by atoms with Gasteiger partial charge in [0.15, 0.2) is 5.78 Å². The van der Waals surface area contributed by atoms with Crippen molar-refractivity contribution in [1.29, 1.82) is 0 Å². The lowest BCUT2D eigenvalue weighted by molar-refractivity contribution is 0.0964. The molecule has 0 spiro atoms. The van der Waals surface area contributed by atoms with Gasteiger partial charge in [0.2, 0.25) is 0 Å². The Morgan fingerprint density at radius 3 is 2.65 bits per heavy atom. The van der Waals surface area contributed by atoms with E-state index in [1.54, 1.807) is 11.3 Å². The van der Waals surface area contributed by atoms with Crippen molar-refractivity contribution in [2.75, 3.05) is 37.6 Å². The van der Waals surface area contributed by atoms with Gasteiger partial charge in [-0.05, 0) is 24.3 Å². The van der Waals surface area contributed by atoms with Crippen LogP contribution in [0.1, 0.15) is 16.8 Å². The molecule has 0 aliphatic carbocycles. The maximum atomic E-state index is 12.6. The highest BCUT2D eigenvalue weighted by Crippen LogP contribution is 2.27. The number of benzene rings is 2. The molecule has 1 aliphatic heterocycles. The molecule has 0 atom stereocenters. The Bertz CT molecular complexity index is 915. The van der Waals surface area contributed by atoms with Crippen LogP contribution in [0, 0.1) is 0 Å². The second kappa shape index (κ2) is 7.78. The molecule has 5 heteroatoms. The Labute approximate surface area is 162 Å². The van der Waals surface area contributed by atoms with E-state index in [1.165, 1.54) is 10.4 Å². The molecule has 0 saturated carbocycles. The normalized spacial score (nSPS) is 15.5. The summed E-state index contributed by atoms with van der Waals surface area (Å²) in [6.07, 6.45) is 0.581. The molecular weight excluding hydrogens is 364 g/mol. The number of Topliss-reactive ketones (excluding diaryl/α,β-unsaturated/α-hetero) is 1. The van der Waals surface area contributed by atoms with Crippen LogP contribution in [0.25, 0.3) is 10.1 Å². The highest BCUT2D eigenvalue weighted by molar-refractivity contribution is 7.17. The molecule has 2 aromatic carbocycles. The molecule has 3 nitrogen and oxygen atoms in total. The molecule has 134 valence electrons. The lowest BCUT2D eigenvalue weighted by atomic mass is 10.1. The van der Waals surface area contributed by atoms with E-state index in [2.05, 4.69) is 21.9 Å². The number of hydrogen-bond acceptors (Lipinski definition) is 4. The molecule has 0 bridgehead atoms. The van der Waals surface area contributed by atoms with Gasteiger partial charge in [0, 0.05) is 70.9 Å². The van der Waals surface area contributed by atoms with Crippen LogP contribution in [0.5, 0.6) is 0 Å². The Hall–Kier alpha value is -1.88. The Morgan fingerprint density at radius 1 is 1.04 bits per heavy atom. The van der Waals surface area contributed by atoms with Gasteiger partial charge in [-0.15, -0.1) is 11.3 Å². The quantitative estimate of drug-likeness (QED) is 0.581. The lowest BCUT2D eigenvalue weighted by Crippen LogP contribution is -2.46. The van der Waals surface area contributed by atoms with Gasteiger partial charge >= 0.3 is 0 Å². The van der Waals surface area contributed by atoms with Crippen LogP contribution in [-0.2, 0) is 0 Å². The second-order valence-electron chi connectivity index (χ2n) is 6.63. The first-order valence-electron chi connectivity index (χ1n) is 8.93. The number of carbonyl (C=O) groups excluding carboxylic acids is 1. The number of fused-ring (bicyclic) bond motifs is 1. The van der Waals surface area contributed by atoms with E-state index in [1.807, 2.05) is 41.8 Å². The van der Waals surface area contributed by atoms with Crippen LogP contribution in [0.4, 0.5) is 5.69 Å². The monoisotopic (exact) mass is 384 g/mol. The van der Waals surface area contributed by atoms with Crippen LogP contribution in [0.15, 0.2) is 53.9 Å². The molecule has 1 aromatic heterocycles. The van der Waals surface area contributed by atoms with Crippen molar-refractivity contribution in [2.24, 2.45) is 0 Å². The van der Waals surface area contributed by atoms with Crippen molar-refractivity contribution in [3.63, 3.8) is 0 Å². The SMILES string of the molecule is O=C(CCN1CCN(c2cccc(Cl)c2)CC1)c1csc2ccccc12. The third-order valence-electron chi connectivity index (χ3n) is 4.98.